The number of hydrogen-bond donors (Lipinski definition) is 1. The molecule has 0 radical (unpaired) electrons. The van der Waals surface area contributed by atoms with Gasteiger partial charge in [-0.3, -0.25) is 19.6 Å². The van der Waals surface area contributed by atoms with Crippen LogP contribution in [-0.2, 0) is 0 Å². The Morgan fingerprint density at radius 3 is 2.68 bits per heavy atom. The summed E-state index contributed by atoms with van der Waals surface area (Å²) in [7, 11) is 0. The van der Waals surface area contributed by atoms with Crippen molar-refractivity contribution in [1.82, 2.24) is 20.0 Å². The number of benzene rings is 1. The van der Waals surface area contributed by atoms with Crippen LogP contribution in [0.1, 0.15) is 52.9 Å². The molecule has 1 amide bonds. The van der Waals surface area contributed by atoms with Gasteiger partial charge in [0.2, 0.25) is 5.13 Å². The second-order valence-electron chi connectivity index (χ2n) is 5.42. The van der Waals surface area contributed by atoms with Crippen molar-refractivity contribution in [2.24, 2.45) is 0 Å². The third kappa shape index (κ3) is 3.63. The molecule has 8 heteroatoms. The van der Waals surface area contributed by atoms with Crippen LogP contribution in [0, 0.1) is 0 Å². The molecule has 2 aromatic heterocycles. The molecule has 1 N–H and O–H groups in total. The molecule has 0 aliphatic rings. The molecule has 0 spiro atoms. The van der Waals surface area contributed by atoms with E-state index in [1.807, 2.05) is 37.3 Å². The van der Waals surface area contributed by atoms with Gasteiger partial charge in [-0.05, 0) is 12.5 Å². The first-order chi connectivity index (χ1) is 12.1. The van der Waals surface area contributed by atoms with Gasteiger partial charge < -0.3 is 0 Å². The van der Waals surface area contributed by atoms with Crippen LogP contribution >= 0.6 is 11.3 Å². The predicted molar refractivity (Wildman–Crippen MR) is 95.0 cm³/mol. The number of rotatable bonds is 6. The molecule has 25 heavy (non-hydrogen) atoms. The van der Waals surface area contributed by atoms with Crippen LogP contribution in [0.15, 0.2) is 41.9 Å². The molecule has 1 aromatic carbocycles. The van der Waals surface area contributed by atoms with Crippen LogP contribution in [0.5, 0.6) is 0 Å². The fourth-order valence-electron chi connectivity index (χ4n) is 2.44. The van der Waals surface area contributed by atoms with Crippen LogP contribution in [0.25, 0.3) is 0 Å². The van der Waals surface area contributed by atoms with E-state index in [-0.39, 0.29) is 23.4 Å². The van der Waals surface area contributed by atoms with Crippen LogP contribution in [0.4, 0.5) is 5.13 Å². The highest BCUT2D eigenvalue weighted by Gasteiger charge is 2.23. The monoisotopic (exact) mass is 355 g/mol. The molecule has 0 saturated carbocycles. The fourth-order valence-corrected chi connectivity index (χ4v) is 2.88. The van der Waals surface area contributed by atoms with Crippen molar-refractivity contribution in [3.05, 3.63) is 58.9 Å². The Kier molecular flexibility index (Phi) is 4.99. The molecule has 0 aliphatic heterocycles. The summed E-state index contributed by atoms with van der Waals surface area (Å²) >= 11 is 1.22. The number of carbonyl (C=O) groups excluding carboxylic acids is 2. The van der Waals surface area contributed by atoms with E-state index in [0.29, 0.717) is 17.2 Å². The molecular weight excluding hydrogens is 338 g/mol. The summed E-state index contributed by atoms with van der Waals surface area (Å²) < 4.78 is 1.58. The predicted octanol–water partition coefficient (Wildman–Crippen LogP) is 3.19. The van der Waals surface area contributed by atoms with E-state index in [9.17, 15) is 9.59 Å². The second-order valence-corrected chi connectivity index (χ2v) is 6.25. The first-order valence-corrected chi connectivity index (χ1v) is 8.73. The van der Waals surface area contributed by atoms with Crippen molar-refractivity contribution >= 4 is 28.2 Å². The Balaban J connectivity index is 1.99. The average molecular weight is 355 g/mol. The lowest BCUT2D eigenvalue weighted by Gasteiger charge is -2.15. The third-order valence-corrected chi connectivity index (χ3v) is 4.41. The van der Waals surface area contributed by atoms with E-state index >= 15 is 0 Å². The number of ketones is 1. The van der Waals surface area contributed by atoms with Crippen LogP contribution in [0.2, 0.25) is 0 Å². The minimum Gasteiger partial charge on any atom is -0.295 e. The van der Waals surface area contributed by atoms with Gasteiger partial charge in [0.1, 0.15) is 16.9 Å². The number of anilines is 1. The number of aromatic nitrogens is 4. The third-order valence-electron chi connectivity index (χ3n) is 3.80. The van der Waals surface area contributed by atoms with Crippen LogP contribution < -0.4 is 5.32 Å². The average Bonchev–Trinajstić information content (AvgIpc) is 3.30. The molecule has 128 valence electrons. The molecule has 1 atom stereocenters. The molecular formula is C17H17N5O2S. The summed E-state index contributed by atoms with van der Waals surface area (Å²) in [5, 5.41) is 15.0. The first kappa shape index (κ1) is 17.0. The zero-order valence-corrected chi connectivity index (χ0v) is 14.7. The smallest absolute Gasteiger partial charge is 0.275 e. The van der Waals surface area contributed by atoms with Gasteiger partial charge in [0.15, 0.2) is 5.78 Å². The van der Waals surface area contributed by atoms with E-state index in [1.165, 1.54) is 22.9 Å². The Labute approximate surface area is 148 Å². The number of carbonyl (C=O) groups is 2. The van der Waals surface area contributed by atoms with Crippen molar-refractivity contribution in [2.45, 2.75) is 26.3 Å². The van der Waals surface area contributed by atoms with Gasteiger partial charge in [-0.1, -0.05) is 48.6 Å². The van der Waals surface area contributed by atoms with E-state index in [1.54, 1.807) is 11.6 Å². The van der Waals surface area contributed by atoms with Gasteiger partial charge in [-0.25, -0.2) is 0 Å². The lowest BCUT2D eigenvalue weighted by atomic mass is 10.1. The zero-order valence-electron chi connectivity index (χ0n) is 13.8. The van der Waals surface area contributed by atoms with Crippen LogP contribution in [0.3, 0.4) is 0 Å². The van der Waals surface area contributed by atoms with Gasteiger partial charge in [0, 0.05) is 12.5 Å². The maximum atomic E-state index is 12.6. The van der Waals surface area contributed by atoms with E-state index in [2.05, 4.69) is 20.6 Å². The highest BCUT2D eigenvalue weighted by Crippen LogP contribution is 2.21. The van der Waals surface area contributed by atoms with Gasteiger partial charge in [-0.2, -0.15) is 5.10 Å². The molecule has 3 rings (SSSR count). The van der Waals surface area contributed by atoms with Crippen molar-refractivity contribution in [3.8, 4) is 0 Å². The summed E-state index contributed by atoms with van der Waals surface area (Å²) in [6, 6.07) is 11.0. The summed E-state index contributed by atoms with van der Waals surface area (Å²) in [6.45, 7) is 3.70. The van der Waals surface area contributed by atoms with Gasteiger partial charge in [0.05, 0.1) is 6.04 Å². The first-order valence-electron chi connectivity index (χ1n) is 7.85. The molecule has 3 aromatic rings. The molecule has 0 unspecified atom stereocenters. The minimum atomic E-state index is -0.373. The molecule has 0 saturated heterocycles. The molecule has 2 heterocycles. The van der Waals surface area contributed by atoms with Crippen molar-refractivity contribution in [2.75, 3.05) is 5.32 Å². The van der Waals surface area contributed by atoms with Gasteiger partial charge in [0.25, 0.3) is 5.91 Å². The largest absolute Gasteiger partial charge is 0.295 e. The summed E-state index contributed by atoms with van der Waals surface area (Å²) in [5.74, 6) is -0.480. The van der Waals surface area contributed by atoms with Crippen molar-refractivity contribution < 1.29 is 9.59 Å². The normalized spacial score (nSPS) is 11.9. The molecule has 0 bridgehead atoms. The fraction of sp³-hybridized carbons (Fsp3) is 0.235. The molecule has 0 fully saturated rings. The Morgan fingerprint density at radius 2 is 2.04 bits per heavy atom. The Hall–Kier alpha value is -2.87. The minimum absolute atomic E-state index is 0.107. The lowest BCUT2D eigenvalue weighted by Crippen LogP contribution is -2.20. The number of nitrogens with zero attached hydrogens (tertiary/aromatic N) is 4. The highest BCUT2D eigenvalue weighted by molar-refractivity contribution is 7.13. The van der Waals surface area contributed by atoms with Gasteiger partial charge in [-0.15, -0.1) is 10.2 Å². The van der Waals surface area contributed by atoms with Crippen LogP contribution in [-0.4, -0.2) is 31.7 Å². The number of Topliss-reactive ketones (excluding diaryl/α,β-unsaturated/α-hetero) is 1. The number of nitrogens with one attached hydrogen (secondary N) is 1. The summed E-state index contributed by atoms with van der Waals surface area (Å²) in [5.41, 5.74) is 3.12. The van der Waals surface area contributed by atoms with Crippen molar-refractivity contribution in [1.29, 1.82) is 0 Å². The molecule has 7 nitrogen and oxygen atoms in total. The van der Waals surface area contributed by atoms with E-state index in [4.69, 9.17) is 0 Å². The number of hydrogen-bond acceptors (Lipinski definition) is 6. The topological polar surface area (TPSA) is 89.8 Å². The summed E-state index contributed by atoms with van der Waals surface area (Å²) in [4.78, 5) is 24.7. The quantitative estimate of drug-likeness (QED) is 0.686. The van der Waals surface area contributed by atoms with Gasteiger partial charge >= 0.3 is 0 Å². The summed E-state index contributed by atoms with van der Waals surface area (Å²) in [6.07, 6.45) is 0.328. The maximum Gasteiger partial charge on any atom is 0.275 e. The Bertz CT molecular complexity index is 874. The standard InChI is InChI=1S/C17H17N5O2S/c1-3-15(23)13-9-14(16(24)19-17-20-18-10-25-17)22(21-13)11(2)12-7-5-4-6-8-12/h4-11H,3H2,1-2H3,(H,19,20,24)/t11-/m0/s1. The van der Waals surface area contributed by atoms with E-state index in [0.717, 1.165) is 5.56 Å². The van der Waals surface area contributed by atoms with Crippen molar-refractivity contribution in [3.63, 3.8) is 0 Å². The molecule has 0 aliphatic carbocycles. The second kappa shape index (κ2) is 7.35. The Morgan fingerprint density at radius 1 is 1.28 bits per heavy atom. The maximum absolute atomic E-state index is 12.6. The highest BCUT2D eigenvalue weighted by atomic mass is 32.1. The van der Waals surface area contributed by atoms with E-state index < -0.39 is 0 Å². The zero-order chi connectivity index (χ0) is 17.8. The number of amides is 1. The lowest BCUT2D eigenvalue weighted by molar-refractivity contribution is 0.0980. The SMILES string of the molecule is CCC(=O)c1cc(C(=O)Nc2nncs2)n([C@@H](C)c2ccccc2)n1.